The fraction of sp³-hybridized carbons (Fsp3) is 0.267. The van der Waals surface area contributed by atoms with Crippen LogP contribution in [0.4, 0.5) is 8.78 Å². The van der Waals surface area contributed by atoms with Crippen LogP contribution in [0, 0.1) is 0 Å². The van der Waals surface area contributed by atoms with E-state index >= 15 is 0 Å². The fourth-order valence-electron chi connectivity index (χ4n) is 2.03. The highest BCUT2D eigenvalue weighted by atomic mass is 79.9. The summed E-state index contributed by atoms with van der Waals surface area (Å²) < 4.78 is 27.1. The van der Waals surface area contributed by atoms with E-state index in [0.717, 1.165) is 10.0 Å². The van der Waals surface area contributed by atoms with Gasteiger partial charge in [-0.3, -0.25) is 4.79 Å². The van der Waals surface area contributed by atoms with Crippen molar-refractivity contribution in [3.05, 3.63) is 58.3 Å². The lowest BCUT2D eigenvalue weighted by Gasteiger charge is -2.15. The van der Waals surface area contributed by atoms with Crippen molar-refractivity contribution < 1.29 is 13.6 Å². The summed E-state index contributed by atoms with van der Waals surface area (Å²) in [6, 6.07) is 10.5. The Morgan fingerprint density at radius 3 is 2.57 bits per heavy atom. The maximum Gasteiger partial charge on any atom is 0.268 e. The number of nitrogens with one attached hydrogen (secondary N) is 1. The van der Waals surface area contributed by atoms with Crippen LogP contribution < -0.4 is 5.32 Å². The van der Waals surface area contributed by atoms with E-state index in [1.165, 1.54) is 16.8 Å². The van der Waals surface area contributed by atoms with E-state index < -0.39 is 13.0 Å². The highest BCUT2D eigenvalue weighted by Crippen LogP contribution is 2.17. The molecular formula is C15H15BrF2N2O. The average Bonchev–Trinajstić information content (AvgIpc) is 2.86. The van der Waals surface area contributed by atoms with E-state index in [2.05, 4.69) is 21.2 Å². The summed E-state index contributed by atoms with van der Waals surface area (Å²) in [4.78, 5) is 12.2. The van der Waals surface area contributed by atoms with Crippen molar-refractivity contribution >= 4 is 21.8 Å². The zero-order chi connectivity index (χ0) is 15.4. The van der Waals surface area contributed by atoms with Crippen LogP contribution in [-0.2, 0) is 6.54 Å². The van der Waals surface area contributed by atoms with Crippen LogP contribution in [0.25, 0.3) is 0 Å². The molecular weight excluding hydrogens is 342 g/mol. The summed E-state index contributed by atoms with van der Waals surface area (Å²) >= 11 is 3.35. The molecule has 2 aromatic rings. The molecule has 0 radical (unpaired) electrons. The summed E-state index contributed by atoms with van der Waals surface area (Å²) in [7, 11) is 0. The Morgan fingerprint density at radius 2 is 1.95 bits per heavy atom. The number of carbonyl (C=O) groups is 1. The van der Waals surface area contributed by atoms with E-state index in [4.69, 9.17) is 0 Å². The lowest BCUT2D eigenvalue weighted by atomic mass is 10.1. The Bertz CT molecular complexity index is 610. The van der Waals surface area contributed by atoms with E-state index in [0.29, 0.717) is 0 Å². The number of halogens is 3. The molecule has 0 aliphatic carbocycles. The third kappa shape index (κ3) is 4.14. The van der Waals surface area contributed by atoms with Crippen molar-refractivity contribution in [1.29, 1.82) is 0 Å². The SMILES string of the molecule is CC(NC(=O)c1cccn1CC(F)F)c1ccc(Br)cc1. The van der Waals surface area contributed by atoms with Crippen LogP contribution in [0.1, 0.15) is 29.0 Å². The fourth-order valence-corrected chi connectivity index (χ4v) is 2.30. The van der Waals surface area contributed by atoms with Gasteiger partial charge in [-0.2, -0.15) is 0 Å². The Morgan fingerprint density at radius 1 is 1.29 bits per heavy atom. The molecule has 1 aromatic heterocycles. The highest BCUT2D eigenvalue weighted by molar-refractivity contribution is 9.10. The standard InChI is InChI=1S/C15H15BrF2N2O/c1-10(11-4-6-12(16)7-5-11)19-15(21)13-3-2-8-20(13)9-14(17)18/h2-8,10,14H,9H2,1H3,(H,19,21). The molecule has 3 nitrogen and oxygen atoms in total. The van der Waals surface area contributed by atoms with Crippen LogP contribution in [0.15, 0.2) is 47.1 Å². The molecule has 1 atom stereocenters. The largest absolute Gasteiger partial charge is 0.344 e. The van der Waals surface area contributed by atoms with Crippen LogP contribution in [0.3, 0.4) is 0 Å². The van der Waals surface area contributed by atoms with Gasteiger partial charge in [0, 0.05) is 10.7 Å². The van der Waals surface area contributed by atoms with Crippen molar-refractivity contribution in [2.45, 2.75) is 25.9 Å². The quantitative estimate of drug-likeness (QED) is 0.862. The van der Waals surface area contributed by atoms with E-state index in [1.807, 2.05) is 31.2 Å². The van der Waals surface area contributed by atoms with Crippen molar-refractivity contribution in [3.8, 4) is 0 Å². The molecule has 1 heterocycles. The summed E-state index contributed by atoms with van der Waals surface area (Å²) in [5.74, 6) is -0.365. The predicted molar refractivity (Wildman–Crippen MR) is 80.5 cm³/mol. The zero-order valence-electron chi connectivity index (χ0n) is 11.4. The molecule has 2 rings (SSSR count). The van der Waals surface area contributed by atoms with Gasteiger partial charge in [0.15, 0.2) is 0 Å². The summed E-state index contributed by atoms with van der Waals surface area (Å²) in [5.41, 5.74) is 1.18. The summed E-state index contributed by atoms with van der Waals surface area (Å²) in [6.07, 6.45) is -1.02. The number of carbonyl (C=O) groups excluding carboxylic acids is 1. The van der Waals surface area contributed by atoms with Gasteiger partial charge in [-0.15, -0.1) is 0 Å². The minimum absolute atomic E-state index is 0.208. The second-order valence-electron chi connectivity index (χ2n) is 4.68. The Labute approximate surface area is 130 Å². The third-order valence-corrected chi connectivity index (χ3v) is 3.64. The molecule has 6 heteroatoms. The second-order valence-corrected chi connectivity index (χ2v) is 5.60. The van der Waals surface area contributed by atoms with Crippen LogP contribution in [0.5, 0.6) is 0 Å². The lowest BCUT2D eigenvalue weighted by molar-refractivity contribution is 0.0917. The molecule has 0 saturated carbocycles. The van der Waals surface area contributed by atoms with Crippen molar-refractivity contribution in [3.63, 3.8) is 0 Å². The molecule has 1 aromatic carbocycles. The molecule has 0 spiro atoms. The van der Waals surface area contributed by atoms with Crippen LogP contribution >= 0.6 is 15.9 Å². The topological polar surface area (TPSA) is 34.0 Å². The summed E-state index contributed by atoms with van der Waals surface area (Å²) in [6.45, 7) is 1.37. The van der Waals surface area contributed by atoms with Gasteiger partial charge >= 0.3 is 0 Å². The molecule has 0 saturated heterocycles. The first-order chi connectivity index (χ1) is 9.97. The van der Waals surface area contributed by atoms with Gasteiger partial charge < -0.3 is 9.88 Å². The van der Waals surface area contributed by atoms with Gasteiger partial charge in [0.2, 0.25) is 0 Å². The van der Waals surface area contributed by atoms with Gasteiger partial charge in [0.25, 0.3) is 12.3 Å². The predicted octanol–water partition coefficient (Wildman–Crippen LogP) is 4.01. The molecule has 0 fully saturated rings. The normalized spacial score (nSPS) is 12.4. The third-order valence-electron chi connectivity index (χ3n) is 3.11. The van der Waals surface area contributed by atoms with Gasteiger partial charge in [0.05, 0.1) is 12.6 Å². The first kappa shape index (κ1) is 15.7. The van der Waals surface area contributed by atoms with Crippen LogP contribution in [-0.4, -0.2) is 16.9 Å². The number of alkyl halides is 2. The number of hydrogen-bond donors (Lipinski definition) is 1. The van der Waals surface area contributed by atoms with Gasteiger partial charge in [0.1, 0.15) is 5.69 Å². The molecule has 21 heavy (non-hydrogen) atoms. The Balaban J connectivity index is 2.07. The Kier molecular flexibility index (Phi) is 5.12. The first-order valence-corrected chi connectivity index (χ1v) is 7.26. The van der Waals surface area contributed by atoms with Crippen molar-refractivity contribution in [2.24, 2.45) is 0 Å². The van der Waals surface area contributed by atoms with E-state index in [1.54, 1.807) is 6.07 Å². The molecule has 0 aliphatic rings. The smallest absolute Gasteiger partial charge is 0.268 e. The van der Waals surface area contributed by atoms with Crippen molar-refractivity contribution in [1.82, 2.24) is 9.88 Å². The average molecular weight is 357 g/mol. The van der Waals surface area contributed by atoms with E-state index in [9.17, 15) is 13.6 Å². The Hall–Kier alpha value is -1.69. The maximum absolute atomic E-state index is 12.4. The lowest BCUT2D eigenvalue weighted by Crippen LogP contribution is -2.29. The summed E-state index contributed by atoms with van der Waals surface area (Å²) in [5, 5.41) is 2.81. The molecule has 0 bridgehead atoms. The molecule has 0 aliphatic heterocycles. The molecule has 1 amide bonds. The first-order valence-electron chi connectivity index (χ1n) is 6.47. The highest BCUT2D eigenvalue weighted by Gasteiger charge is 2.16. The minimum atomic E-state index is -2.49. The number of benzene rings is 1. The number of amides is 1. The maximum atomic E-state index is 12.4. The number of aromatic nitrogens is 1. The van der Waals surface area contributed by atoms with Gasteiger partial charge in [-0.25, -0.2) is 8.78 Å². The van der Waals surface area contributed by atoms with Gasteiger partial charge in [-0.1, -0.05) is 28.1 Å². The number of rotatable bonds is 5. The number of hydrogen-bond acceptors (Lipinski definition) is 1. The minimum Gasteiger partial charge on any atom is -0.344 e. The van der Waals surface area contributed by atoms with Crippen molar-refractivity contribution in [2.75, 3.05) is 0 Å². The molecule has 1 N–H and O–H groups in total. The second kappa shape index (κ2) is 6.85. The zero-order valence-corrected chi connectivity index (χ0v) is 13.0. The molecule has 112 valence electrons. The molecule has 1 unspecified atom stereocenters. The monoisotopic (exact) mass is 356 g/mol. The number of nitrogens with zero attached hydrogens (tertiary/aromatic N) is 1. The van der Waals surface area contributed by atoms with Crippen LogP contribution in [0.2, 0.25) is 0 Å². The van der Waals surface area contributed by atoms with Gasteiger partial charge in [-0.05, 0) is 36.8 Å². The van der Waals surface area contributed by atoms with E-state index in [-0.39, 0.29) is 17.6 Å².